The number of carbonyl (C=O) groups excluding carboxylic acids is 1. The molecule has 3 aromatic rings. The standard InChI is InChI=1S/C22H26N4OS2/c1-2-16(17-7-4-3-5-8-17)14-23-21(27)15-29-22-25-24-20(26(22)18-10-11-18)13-19-9-6-12-28-19/h3-9,12,16,18H,2,10-11,13-15H2,1H3,(H,23,27). The quantitative estimate of drug-likeness (QED) is 0.479. The summed E-state index contributed by atoms with van der Waals surface area (Å²) in [7, 11) is 0. The number of benzene rings is 1. The van der Waals surface area contributed by atoms with E-state index in [0.29, 0.717) is 24.3 Å². The Morgan fingerprint density at radius 2 is 2.07 bits per heavy atom. The zero-order valence-electron chi connectivity index (χ0n) is 16.6. The lowest BCUT2D eigenvalue weighted by Gasteiger charge is -2.16. The number of amides is 1. The molecule has 0 saturated heterocycles. The average Bonchev–Trinajstić information content (AvgIpc) is 3.30. The molecule has 1 atom stereocenters. The van der Waals surface area contributed by atoms with Gasteiger partial charge in [-0.3, -0.25) is 4.79 Å². The minimum atomic E-state index is 0.0505. The van der Waals surface area contributed by atoms with E-state index in [2.05, 4.69) is 56.7 Å². The van der Waals surface area contributed by atoms with Gasteiger partial charge in [0.05, 0.1) is 5.75 Å². The summed E-state index contributed by atoms with van der Waals surface area (Å²) < 4.78 is 2.25. The van der Waals surface area contributed by atoms with Gasteiger partial charge in [0.25, 0.3) is 0 Å². The second-order valence-corrected chi connectivity index (χ2v) is 9.34. The van der Waals surface area contributed by atoms with Gasteiger partial charge in [0.15, 0.2) is 5.16 Å². The minimum Gasteiger partial charge on any atom is -0.355 e. The molecule has 0 radical (unpaired) electrons. The fourth-order valence-corrected chi connectivity index (χ4v) is 4.99. The van der Waals surface area contributed by atoms with E-state index < -0.39 is 0 Å². The van der Waals surface area contributed by atoms with E-state index in [9.17, 15) is 4.79 Å². The number of rotatable bonds is 10. The van der Waals surface area contributed by atoms with Crippen LogP contribution in [0.25, 0.3) is 0 Å². The van der Waals surface area contributed by atoms with Gasteiger partial charge in [-0.15, -0.1) is 21.5 Å². The Bertz CT molecular complexity index is 920. The van der Waals surface area contributed by atoms with Crippen LogP contribution in [0.2, 0.25) is 0 Å². The van der Waals surface area contributed by atoms with Crippen LogP contribution >= 0.6 is 23.1 Å². The fourth-order valence-electron chi connectivity index (χ4n) is 3.44. The second-order valence-electron chi connectivity index (χ2n) is 7.36. The normalized spacial score (nSPS) is 14.7. The SMILES string of the molecule is CCC(CNC(=O)CSc1nnc(Cc2cccs2)n1C1CC1)c1ccccc1. The Hall–Kier alpha value is -2.12. The molecule has 1 aliphatic rings. The summed E-state index contributed by atoms with van der Waals surface area (Å²) in [5, 5.41) is 14.9. The van der Waals surface area contributed by atoms with Crippen LogP contribution < -0.4 is 5.32 Å². The van der Waals surface area contributed by atoms with Gasteiger partial charge >= 0.3 is 0 Å². The first-order chi connectivity index (χ1) is 14.2. The van der Waals surface area contributed by atoms with Crippen molar-refractivity contribution in [3.63, 3.8) is 0 Å². The monoisotopic (exact) mass is 426 g/mol. The Labute approximate surface area is 179 Å². The van der Waals surface area contributed by atoms with Gasteiger partial charge in [-0.25, -0.2) is 0 Å². The number of carbonyl (C=O) groups is 1. The molecule has 5 nitrogen and oxygen atoms in total. The number of aromatic nitrogens is 3. The number of hydrogen-bond donors (Lipinski definition) is 1. The average molecular weight is 427 g/mol. The van der Waals surface area contributed by atoms with Crippen molar-refractivity contribution in [2.75, 3.05) is 12.3 Å². The Kier molecular flexibility index (Phi) is 6.67. The molecule has 1 saturated carbocycles. The molecule has 1 amide bonds. The summed E-state index contributed by atoms with van der Waals surface area (Å²) in [6.45, 7) is 2.82. The number of thiophene rings is 1. The maximum atomic E-state index is 12.4. The van der Waals surface area contributed by atoms with E-state index in [-0.39, 0.29) is 5.91 Å². The summed E-state index contributed by atoms with van der Waals surface area (Å²) in [6, 6.07) is 15.1. The van der Waals surface area contributed by atoms with Gasteiger partial charge in [0, 0.05) is 29.8 Å². The number of thioether (sulfide) groups is 1. The molecular formula is C22H26N4OS2. The van der Waals surface area contributed by atoms with E-state index in [4.69, 9.17) is 0 Å². The van der Waals surface area contributed by atoms with Crippen molar-refractivity contribution < 1.29 is 4.79 Å². The third kappa shape index (κ3) is 5.28. The van der Waals surface area contributed by atoms with Gasteiger partial charge in [-0.05, 0) is 36.3 Å². The molecule has 2 aromatic heterocycles. The lowest BCUT2D eigenvalue weighted by atomic mass is 9.96. The van der Waals surface area contributed by atoms with Crippen LogP contribution in [0.4, 0.5) is 0 Å². The molecule has 1 aliphatic carbocycles. The van der Waals surface area contributed by atoms with E-state index >= 15 is 0 Å². The molecule has 1 unspecified atom stereocenters. The molecule has 0 spiro atoms. The van der Waals surface area contributed by atoms with Crippen molar-refractivity contribution in [2.45, 2.75) is 49.7 Å². The molecular weight excluding hydrogens is 400 g/mol. The maximum Gasteiger partial charge on any atom is 0.230 e. The fraction of sp³-hybridized carbons (Fsp3) is 0.409. The second kappa shape index (κ2) is 9.59. The van der Waals surface area contributed by atoms with E-state index in [1.807, 2.05) is 18.2 Å². The van der Waals surface area contributed by atoms with E-state index in [1.54, 1.807) is 11.3 Å². The van der Waals surface area contributed by atoms with Crippen LogP contribution in [-0.4, -0.2) is 33.0 Å². The van der Waals surface area contributed by atoms with Gasteiger partial charge < -0.3 is 9.88 Å². The van der Waals surface area contributed by atoms with Crippen LogP contribution in [-0.2, 0) is 11.2 Å². The lowest BCUT2D eigenvalue weighted by Crippen LogP contribution is -2.29. The van der Waals surface area contributed by atoms with Gasteiger partial charge in [0.1, 0.15) is 5.82 Å². The molecule has 152 valence electrons. The first kappa shape index (κ1) is 20.2. The number of nitrogens with one attached hydrogen (secondary N) is 1. The molecule has 4 rings (SSSR count). The topological polar surface area (TPSA) is 59.8 Å². The zero-order chi connectivity index (χ0) is 20.1. The highest BCUT2D eigenvalue weighted by atomic mass is 32.2. The lowest BCUT2D eigenvalue weighted by molar-refractivity contribution is -0.118. The van der Waals surface area contributed by atoms with Gasteiger partial charge in [-0.2, -0.15) is 0 Å². The summed E-state index contributed by atoms with van der Waals surface area (Å²) in [4.78, 5) is 13.7. The molecule has 1 fully saturated rings. The third-order valence-electron chi connectivity index (χ3n) is 5.20. The summed E-state index contributed by atoms with van der Waals surface area (Å²) in [6.07, 6.45) is 4.15. The van der Waals surface area contributed by atoms with Crippen molar-refractivity contribution in [1.29, 1.82) is 0 Å². The summed E-state index contributed by atoms with van der Waals surface area (Å²) in [5.41, 5.74) is 1.27. The van der Waals surface area contributed by atoms with E-state index in [0.717, 1.165) is 23.8 Å². The van der Waals surface area contributed by atoms with Crippen molar-refractivity contribution in [2.24, 2.45) is 0 Å². The van der Waals surface area contributed by atoms with Crippen molar-refractivity contribution >= 4 is 29.0 Å². The summed E-state index contributed by atoms with van der Waals surface area (Å²) in [5.74, 6) is 1.77. The molecule has 1 N–H and O–H groups in total. The highest BCUT2D eigenvalue weighted by Crippen LogP contribution is 2.39. The first-order valence-electron chi connectivity index (χ1n) is 10.1. The highest BCUT2D eigenvalue weighted by Gasteiger charge is 2.30. The van der Waals surface area contributed by atoms with Crippen LogP contribution in [0.3, 0.4) is 0 Å². The Morgan fingerprint density at radius 1 is 1.24 bits per heavy atom. The Morgan fingerprint density at radius 3 is 2.76 bits per heavy atom. The van der Waals surface area contributed by atoms with Crippen molar-refractivity contribution in [3.8, 4) is 0 Å². The molecule has 0 bridgehead atoms. The number of hydrogen-bond acceptors (Lipinski definition) is 5. The summed E-state index contributed by atoms with van der Waals surface area (Å²) >= 11 is 3.24. The molecule has 2 heterocycles. The largest absolute Gasteiger partial charge is 0.355 e. The predicted octanol–water partition coefficient (Wildman–Crippen LogP) is 4.67. The first-order valence-corrected chi connectivity index (χ1v) is 12.0. The molecule has 0 aliphatic heterocycles. The highest BCUT2D eigenvalue weighted by molar-refractivity contribution is 7.99. The van der Waals surface area contributed by atoms with Crippen molar-refractivity contribution in [1.82, 2.24) is 20.1 Å². The molecule has 1 aromatic carbocycles. The Balaban J connectivity index is 1.33. The minimum absolute atomic E-state index is 0.0505. The smallest absolute Gasteiger partial charge is 0.230 e. The third-order valence-corrected chi connectivity index (χ3v) is 7.02. The van der Waals surface area contributed by atoms with Crippen LogP contribution in [0.15, 0.2) is 53.0 Å². The predicted molar refractivity (Wildman–Crippen MR) is 119 cm³/mol. The van der Waals surface area contributed by atoms with Gasteiger partial charge in [-0.1, -0.05) is 55.1 Å². The van der Waals surface area contributed by atoms with Gasteiger partial charge in [0.2, 0.25) is 5.91 Å². The van der Waals surface area contributed by atoms with Crippen LogP contribution in [0.5, 0.6) is 0 Å². The maximum absolute atomic E-state index is 12.4. The van der Waals surface area contributed by atoms with Crippen LogP contribution in [0, 0.1) is 0 Å². The van der Waals surface area contributed by atoms with Crippen molar-refractivity contribution in [3.05, 3.63) is 64.1 Å². The zero-order valence-corrected chi connectivity index (χ0v) is 18.2. The molecule has 7 heteroatoms. The van der Waals surface area contributed by atoms with E-state index in [1.165, 1.54) is 35.0 Å². The molecule has 29 heavy (non-hydrogen) atoms. The van der Waals surface area contributed by atoms with Crippen LogP contribution in [0.1, 0.15) is 54.4 Å². The number of nitrogens with zero attached hydrogens (tertiary/aromatic N) is 3.